The summed E-state index contributed by atoms with van der Waals surface area (Å²) in [7, 11) is -3.24. The highest BCUT2D eigenvalue weighted by Crippen LogP contribution is 2.23. The molecule has 2 atom stereocenters. The van der Waals surface area contributed by atoms with Gasteiger partial charge in [0.05, 0.1) is 17.1 Å². The summed E-state index contributed by atoms with van der Waals surface area (Å²) in [6.45, 7) is 0. The van der Waals surface area contributed by atoms with E-state index < -0.39 is 22.0 Å². The van der Waals surface area contributed by atoms with Crippen LogP contribution in [-0.4, -0.2) is 37.2 Å². The molecule has 0 saturated carbocycles. The van der Waals surface area contributed by atoms with Crippen LogP contribution in [0.1, 0.15) is 5.56 Å². The fraction of sp³-hybridized carbons (Fsp3) is 0.364. The minimum Gasteiger partial charge on any atom is -0.485 e. The van der Waals surface area contributed by atoms with Gasteiger partial charge >= 0.3 is 0 Å². The van der Waals surface area contributed by atoms with Crippen molar-refractivity contribution in [2.24, 2.45) is 0 Å². The number of nitriles is 1. The number of aliphatic hydroxyl groups is 1. The van der Waals surface area contributed by atoms with Crippen LogP contribution in [0.4, 0.5) is 0 Å². The summed E-state index contributed by atoms with van der Waals surface area (Å²) in [6.07, 6.45) is -1.83. The fourth-order valence-electron chi connectivity index (χ4n) is 1.73. The maximum absolute atomic E-state index is 11.3. The van der Waals surface area contributed by atoms with Crippen molar-refractivity contribution in [3.63, 3.8) is 0 Å². The van der Waals surface area contributed by atoms with Crippen LogP contribution in [0, 0.1) is 11.3 Å². The molecule has 0 radical (unpaired) electrons. The van der Waals surface area contributed by atoms with Gasteiger partial charge in [-0.3, -0.25) is 0 Å². The normalized spacial score (nSPS) is 26.4. The first-order valence-corrected chi connectivity index (χ1v) is 6.88. The van der Waals surface area contributed by atoms with Gasteiger partial charge in [0.2, 0.25) is 0 Å². The number of aliphatic hydroxyl groups excluding tert-OH is 1. The van der Waals surface area contributed by atoms with Crippen molar-refractivity contribution < 1.29 is 18.3 Å². The van der Waals surface area contributed by atoms with E-state index in [0.29, 0.717) is 11.3 Å². The van der Waals surface area contributed by atoms with E-state index in [4.69, 9.17) is 10.00 Å². The number of sulfone groups is 1. The van der Waals surface area contributed by atoms with Gasteiger partial charge in [-0.1, -0.05) is 12.1 Å². The zero-order valence-electron chi connectivity index (χ0n) is 8.91. The predicted molar refractivity (Wildman–Crippen MR) is 60.2 cm³/mol. The van der Waals surface area contributed by atoms with E-state index >= 15 is 0 Å². The number of para-hydroxylation sites is 1. The van der Waals surface area contributed by atoms with Crippen LogP contribution < -0.4 is 4.74 Å². The van der Waals surface area contributed by atoms with Crippen LogP contribution in [-0.2, 0) is 9.84 Å². The van der Waals surface area contributed by atoms with Crippen LogP contribution in [0.5, 0.6) is 5.75 Å². The van der Waals surface area contributed by atoms with Gasteiger partial charge in [0.25, 0.3) is 0 Å². The molecule has 2 rings (SSSR count). The molecule has 1 heterocycles. The number of ether oxygens (including phenoxy) is 1. The van der Waals surface area contributed by atoms with Crippen molar-refractivity contribution in [1.29, 1.82) is 5.26 Å². The maximum atomic E-state index is 11.3. The number of benzene rings is 1. The lowest BCUT2D eigenvalue weighted by Gasteiger charge is -2.16. The van der Waals surface area contributed by atoms with Crippen molar-refractivity contribution in [3.8, 4) is 11.8 Å². The molecule has 0 amide bonds. The average Bonchev–Trinajstić information content (AvgIpc) is 2.52. The highest BCUT2D eigenvalue weighted by molar-refractivity contribution is 7.91. The van der Waals surface area contributed by atoms with Crippen molar-refractivity contribution in [3.05, 3.63) is 29.8 Å². The van der Waals surface area contributed by atoms with Gasteiger partial charge in [0.1, 0.15) is 24.0 Å². The number of nitrogens with zero attached hydrogens (tertiary/aromatic N) is 1. The number of hydrogen-bond donors (Lipinski definition) is 1. The van der Waals surface area contributed by atoms with E-state index in [2.05, 4.69) is 0 Å². The quantitative estimate of drug-likeness (QED) is 0.807. The van der Waals surface area contributed by atoms with Gasteiger partial charge in [-0.15, -0.1) is 0 Å². The summed E-state index contributed by atoms with van der Waals surface area (Å²) in [5.74, 6) is -0.198. The monoisotopic (exact) mass is 253 g/mol. The van der Waals surface area contributed by atoms with Crippen LogP contribution in [0.2, 0.25) is 0 Å². The topological polar surface area (TPSA) is 87.4 Å². The van der Waals surface area contributed by atoms with E-state index in [-0.39, 0.29) is 11.5 Å². The molecule has 1 N–H and O–H groups in total. The zero-order chi connectivity index (χ0) is 12.5. The van der Waals surface area contributed by atoms with Crippen molar-refractivity contribution >= 4 is 9.84 Å². The minimum absolute atomic E-state index is 0.214. The van der Waals surface area contributed by atoms with Gasteiger partial charge in [0, 0.05) is 0 Å². The van der Waals surface area contributed by atoms with E-state index in [9.17, 15) is 13.5 Å². The molecule has 2 unspecified atom stereocenters. The van der Waals surface area contributed by atoms with E-state index in [0.717, 1.165) is 0 Å². The molecule has 0 aromatic heterocycles. The van der Waals surface area contributed by atoms with Gasteiger partial charge in [-0.25, -0.2) is 8.42 Å². The lowest BCUT2D eigenvalue weighted by Crippen LogP contribution is -2.30. The Labute approximate surface area is 99.2 Å². The molecule has 0 bridgehead atoms. The molecule has 1 aromatic carbocycles. The third-order valence-electron chi connectivity index (χ3n) is 2.56. The molecule has 0 aliphatic carbocycles. The standard InChI is InChI=1S/C11H11NO4S/c12-5-8-3-1-2-4-10(8)16-11-7-17(14,15)6-9(11)13/h1-4,9,11,13H,6-7H2. The van der Waals surface area contributed by atoms with Crippen molar-refractivity contribution in [2.75, 3.05) is 11.5 Å². The first-order valence-electron chi connectivity index (χ1n) is 5.06. The smallest absolute Gasteiger partial charge is 0.156 e. The second-order valence-electron chi connectivity index (χ2n) is 3.91. The fourth-order valence-corrected chi connectivity index (χ4v) is 3.40. The summed E-state index contributed by atoms with van der Waals surface area (Å²) in [5.41, 5.74) is 0.323. The molecular formula is C11H11NO4S. The molecule has 1 fully saturated rings. The van der Waals surface area contributed by atoms with Gasteiger partial charge in [-0.2, -0.15) is 5.26 Å². The number of rotatable bonds is 2. The van der Waals surface area contributed by atoms with Gasteiger partial charge in [0.15, 0.2) is 9.84 Å². The first-order chi connectivity index (χ1) is 8.02. The lowest BCUT2D eigenvalue weighted by atomic mass is 10.2. The van der Waals surface area contributed by atoms with Crippen LogP contribution >= 0.6 is 0 Å². The van der Waals surface area contributed by atoms with Gasteiger partial charge in [-0.05, 0) is 12.1 Å². The predicted octanol–water partition coefficient (Wildman–Crippen LogP) is 0.0950. The number of hydrogen-bond acceptors (Lipinski definition) is 5. The SMILES string of the molecule is N#Cc1ccccc1OC1CS(=O)(=O)CC1O. The Hall–Kier alpha value is -1.58. The Morgan fingerprint density at radius 2 is 2.06 bits per heavy atom. The van der Waals surface area contributed by atoms with E-state index in [1.54, 1.807) is 24.3 Å². The summed E-state index contributed by atoms with van der Waals surface area (Å²) in [6, 6.07) is 8.48. The Morgan fingerprint density at radius 1 is 1.35 bits per heavy atom. The molecule has 1 saturated heterocycles. The van der Waals surface area contributed by atoms with E-state index in [1.807, 2.05) is 6.07 Å². The molecule has 17 heavy (non-hydrogen) atoms. The second kappa shape index (κ2) is 4.35. The summed E-state index contributed by atoms with van der Waals surface area (Å²) < 4.78 is 28.0. The second-order valence-corrected chi connectivity index (χ2v) is 6.06. The first kappa shape index (κ1) is 11.9. The Morgan fingerprint density at radius 3 is 2.65 bits per heavy atom. The molecule has 6 heteroatoms. The average molecular weight is 253 g/mol. The van der Waals surface area contributed by atoms with Gasteiger partial charge < -0.3 is 9.84 Å². The molecular weight excluding hydrogens is 242 g/mol. The third kappa shape index (κ3) is 2.57. The van der Waals surface area contributed by atoms with Crippen LogP contribution in [0.15, 0.2) is 24.3 Å². The maximum Gasteiger partial charge on any atom is 0.156 e. The molecule has 90 valence electrons. The summed E-state index contributed by atoms with van der Waals surface area (Å²) in [5, 5.41) is 18.4. The lowest BCUT2D eigenvalue weighted by molar-refractivity contribution is 0.0736. The minimum atomic E-state index is -3.24. The Bertz CT molecular complexity index is 561. The molecule has 1 aliphatic rings. The van der Waals surface area contributed by atoms with Crippen LogP contribution in [0.3, 0.4) is 0 Å². The Kier molecular flexibility index (Phi) is 3.05. The molecule has 1 aromatic rings. The Balaban J connectivity index is 2.20. The van der Waals surface area contributed by atoms with E-state index in [1.165, 1.54) is 0 Å². The highest BCUT2D eigenvalue weighted by atomic mass is 32.2. The molecule has 1 aliphatic heterocycles. The summed E-state index contributed by atoms with van der Waals surface area (Å²) >= 11 is 0. The highest BCUT2D eigenvalue weighted by Gasteiger charge is 2.38. The third-order valence-corrected chi connectivity index (χ3v) is 4.24. The van der Waals surface area contributed by atoms with Crippen LogP contribution in [0.25, 0.3) is 0 Å². The largest absolute Gasteiger partial charge is 0.485 e. The zero-order valence-corrected chi connectivity index (χ0v) is 9.72. The van der Waals surface area contributed by atoms with Crippen molar-refractivity contribution in [2.45, 2.75) is 12.2 Å². The molecule has 5 nitrogen and oxygen atoms in total. The van der Waals surface area contributed by atoms with Crippen molar-refractivity contribution in [1.82, 2.24) is 0 Å². The molecule has 0 spiro atoms. The summed E-state index contributed by atoms with van der Waals surface area (Å²) in [4.78, 5) is 0.